The summed E-state index contributed by atoms with van der Waals surface area (Å²) in [7, 11) is 0. The second-order valence-corrected chi connectivity index (χ2v) is 4.85. The van der Waals surface area contributed by atoms with Crippen LogP contribution in [0.4, 0.5) is 0 Å². The minimum absolute atomic E-state index is 0.0373. The number of aromatic nitrogens is 2. The molecule has 0 aliphatic carbocycles. The fourth-order valence-electron chi connectivity index (χ4n) is 2.23. The molecule has 0 saturated carbocycles. The molecule has 0 spiro atoms. The van der Waals surface area contributed by atoms with E-state index in [-0.39, 0.29) is 11.7 Å². The van der Waals surface area contributed by atoms with Crippen molar-refractivity contribution < 1.29 is 5.11 Å². The minimum atomic E-state index is -0.273. The zero-order valence-electron chi connectivity index (χ0n) is 11.5. The van der Waals surface area contributed by atoms with Crippen LogP contribution in [0.5, 0.6) is 0 Å². The molecular formula is C15H20N2O2. The molecular weight excluding hydrogens is 240 g/mol. The van der Waals surface area contributed by atoms with Crippen LogP contribution in [0.15, 0.2) is 29.1 Å². The van der Waals surface area contributed by atoms with Crippen molar-refractivity contribution in [3.8, 4) is 0 Å². The first kappa shape index (κ1) is 13.7. The number of hydrogen-bond acceptors (Lipinski definition) is 3. The number of para-hydroxylation sites is 2. The highest BCUT2D eigenvalue weighted by atomic mass is 16.3. The van der Waals surface area contributed by atoms with Gasteiger partial charge in [-0.2, -0.15) is 0 Å². The van der Waals surface area contributed by atoms with Gasteiger partial charge in [-0.05, 0) is 38.3 Å². The lowest BCUT2D eigenvalue weighted by atomic mass is 10.1. The van der Waals surface area contributed by atoms with E-state index in [1.807, 2.05) is 31.2 Å². The molecule has 0 radical (unpaired) electrons. The molecule has 0 aliphatic heterocycles. The molecule has 1 aromatic carbocycles. The number of aliphatic hydroxyl groups excluding tert-OH is 1. The highest BCUT2D eigenvalue weighted by Crippen LogP contribution is 2.11. The molecule has 0 saturated heterocycles. The van der Waals surface area contributed by atoms with Gasteiger partial charge in [0.2, 0.25) is 0 Å². The van der Waals surface area contributed by atoms with E-state index in [0.717, 1.165) is 30.3 Å². The Bertz CT molecular complexity index is 619. The van der Waals surface area contributed by atoms with Gasteiger partial charge in [-0.25, -0.2) is 4.98 Å². The molecule has 2 aromatic rings. The molecule has 0 aliphatic rings. The maximum atomic E-state index is 12.2. The molecule has 19 heavy (non-hydrogen) atoms. The summed E-state index contributed by atoms with van der Waals surface area (Å²) in [6.45, 7) is 4.33. The van der Waals surface area contributed by atoms with Gasteiger partial charge in [0.05, 0.1) is 17.1 Å². The normalized spacial score (nSPS) is 12.8. The molecule has 1 heterocycles. The fourth-order valence-corrected chi connectivity index (χ4v) is 2.23. The van der Waals surface area contributed by atoms with Crippen LogP contribution >= 0.6 is 0 Å². The first-order valence-electron chi connectivity index (χ1n) is 6.77. The van der Waals surface area contributed by atoms with Gasteiger partial charge in [0.25, 0.3) is 5.56 Å². The Hall–Kier alpha value is -1.68. The van der Waals surface area contributed by atoms with Crippen LogP contribution in [-0.2, 0) is 6.54 Å². The zero-order chi connectivity index (χ0) is 13.8. The Balaban J connectivity index is 2.30. The standard InChI is InChI=1S/C15H20N2O2/c1-3-12(18)7-6-10-17-14-9-5-4-8-13(14)16-11(2)15(17)19/h4-5,8-9,12,18H,3,6-7,10H2,1-2H3. The summed E-state index contributed by atoms with van der Waals surface area (Å²) in [5.74, 6) is 0. The molecule has 4 heteroatoms. The molecule has 1 atom stereocenters. The molecule has 4 nitrogen and oxygen atoms in total. The van der Waals surface area contributed by atoms with Crippen molar-refractivity contribution in [1.82, 2.24) is 9.55 Å². The van der Waals surface area contributed by atoms with Crippen LogP contribution in [0, 0.1) is 6.92 Å². The van der Waals surface area contributed by atoms with Gasteiger partial charge in [0.15, 0.2) is 0 Å². The number of fused-ring (bicyclic) bond motifs is 1. The molecule has 0 fully saturated rings. The quantitative estimate of drug-likeness (QED) is 0.897. The highest BCUT2D eigenvalue weighted by Gasteiger charge is 2.08. The van der Waals surface area contributed by atoms with E-state index in [2.05, 4.69) is 4.98 Å². The Morgan fingerprint density at radius 1 is 1.37 bits per heavy atom. The maximum Gasteiger partial charge on any atom is 0.272 e. The number of hydrogen-bond donors (Lipinski definition) is 1. The van der Waals surface area contributed by atoms with Gasteiger partial charge >= 0.3 is 0 Å². The third-order valence-corrected chi connectivity index (χ3v) is 3.41. The van der Waals surface area contributed by atoms with Gasteiger partial charge in [-0.3, -0.25) is 4.79 Å². The topological polar surface area (TPSA) is 55.1 Å². The van der Waals surface area contributed by atoms with E-state index in [4.69, 9.17) is 0 Å². The molecule has 1 aromatic heterocycles. The fraction of sp³-hybridized carbons (Fsp3) is 0.467. The van der Waals surface area contributed by atoms with Gasteiger partial charge in [0.1, 0.15) is 5.69 Å². The lowest BCUT2D eigenvalue weighted by molar-refractivity contribution is 0.156. The molecule has 1 N–H and O–H groups in total. The number of benzene rings is 1. The summed E-state index contributed by atoms with van der Waals surface area (Å²) in [5, 5.41) is 9.57. The SMILES string of the molecule is CCC(O)CCCn1c(=O)c(C)nc2ccccc21. The van der Waals surface area contributed by atoms with E-state index < -0.39 is 0 Å². The molecule has 0 amide bonds. The van der Waals surface area contributed by atoms with Crippen LogP contribution < -0.4 is 5.56 Å². The van der Waals surface area contributed by atoms with Crippen LogP contribution in [0.3, 0.4) is 0 Å². The number of aryl methyl sites for hydroxylation is 2. The Labute approximate surface area is 112 Å². The Kier molecular flexibility index (Phi) is 4.32. The first-order chi connectivity index (χ1) is 9.13. The zero-order valence-corrected chi connectivity index (χ0v) is 11.5. The third kappa shape index (κ3) is 3.01. The number of rotatable bonds is 5. The number of nitrogens with zero attached hydrogens (tertiary/aromatic N) is 2. The Morgan fingerprint density at radius 2 is 2.11 bits per heavy atom. The summed E-state index contributed by atoms with van der Waals surface area (Å²) >= 11 is 0. The monoisotopic (exact) mass is 260 g/mol. The van der Waals surface area contributed by atoms with Crippen molar-refractivity contribution in [3.05, 3.63) is 40.3 Å². The Morgan fingerprint density at radius 3 is 2.84 bits per heavy atom. The summed E-state index contributed by atoms with van der Waals surface area (Å²) < 4.78 is 1.76. The minimum Gasteiger partial charge on any atom is -0.393 e. The molecule has 102 valence electrons. The summed E-state index contributed by atoms with van der Waals surface area (Å²) in [6, 6.07) is 7.67. The molecule has 2 rings (SSSR count). The van der Waals surface area contributed by atoms with Crippen LogP contribution in [0.25, 0.3) is 11.0 Å². The third-order valence-electron chi connectivity index (χ3n) is 3.41. The second kappa shape index (κ2) is 5.97. The van der Waals surface area contributed by atoms with Gasteiger partial charge in [-0.1, -0.05) is 19.1 Å². The van der Waals surface area contributed by atoms with Crippen LogP contribution in [-0.4, -0.2) is 20.8 Å². The lowest BCUT2D eigenvalue weighted by Gasteiger charge is -2.12. The predicted molar refractivity (Wildman–Crippen MR) is 76.3 cm³/mol. The number of aliphatic hydroxyl groups is 1. The lowest BCUT2D eigenvalue weighted by Crippen LogP contribution is -2.24. The average Bonchev–Trinajstić information content (AvgIpc) is 2.42. The van der Waals surface area contributed by atoms with E-state index in [1.165, 1.54) is 0 Å². The molecule has 0 bridgehead atoms. The van der Waals surface area contributed by atoms with E-state index in [9.17, 15) is 9.90 Å². The predicted octanol–water partition coefficient (Wildman–Crippen LogP) is 2.26. The van der Waals surface area contributed by atoms with Crippen molar-refractivity contribution in [2.75, 3.05) is 0 Å². The van der Waals surface area contributed by atoms with Crippen molar-refractivity contribution in [1.29, 1.82) is 0 Å². The first-order valence-corrected chi connectivity index (χ1v) is 6.77. The molecule has 1 unspecified atom stereocenters. The van der Waals surface area contributed by atoms with Crippen molar-refractivity contribution in [3.63, 3.8) is 0 Å². The van der Waals surface area contributed by atoms with Crippen molar-refractivity contribution in [2.45, 2.75) is 45.8 Å². The average molecular weight is 260 g/mol. The highest BCUT2D eigenvalue weighted by molar-refractivity contribution is 5.74. The largest absolute Gasteiger partial charge is 0.393 e. The van der Waals surface area contributed by atoms with E-state index >= 15 is 0 Å². The summed E-state index contributed by atoms with van der Waals surface area (Å²) in [4.78, 5) is 16.5. The van der Waals surface area contributed by atoms with Crippen LogP contribution in [0.2, 0.25) is 0 Å². The van der Waals surface area contributed by atoms with E-state index in [0.29, 0.717) is 12.2 Å². The smallest absolute Gasteiger partial charge is 0.272 e. The second-order valence-electron chi connectivity index (χ2n) is 4.85. The van der Waals surface area contributed by atoms with Crippen LogP contribution in [0.1, 0.15) is 31.9 Å². The summed E-state index contributed by atoms with van der Waals surface area (Å²) in [5.41, 5.74) is 2.19. The van der Waals surface area contributed by atoms with E-state index in [1.54, 1.807) is 11.5 Å². The van der Waals surface area contributed by atoms with Gasteiger partial charge < -0.3 is 9.67 Å². The van der Waals surface area contributed by atoms with Gasteiger partial charge in [-0.15, -0.1) is 0 Å². The van der Waals surface area contributed by atoms with Crippen molar-refractivity contribution in [2.24, 2.45) is 0 Å². The maximum absolute atomic E-state index is 12.2. The van der Waals surface area contributed by atoms with Gasteiger partial charge in [0, 0.05) is 6.54 Å². The summed E-state index contributed by atoms with van der Waals surface area (Å²) in [6.07, 6.45) is 2.00. The van der Waals surface area contributed by atoms with Crippen molar-refractivity contribution >= 4 is 11.0 Å².